The summed E-state index contributed by atoms with van der Waals surface area (Å²) in [6.45, 7) is -0.205. The summed E-state index contributed by atoms with van der Waals surface area (Å²) in [5, 5.41) is -0.235. The number of hydrogen-bond donors (Lipinski definition) is 0. The first kappa shape index (κ1) is 17.7. The van der Waals surface area contributed by atoms with Gasteiger partial charge in [0.15, 0.2) is 11.6 Å². The molecule has 128 valence electrons. The third kappa shape index (κ3) is 4.43. The standard InChI is InChI=1S/C16H11F5O3/c17-12(18)2-1-7-23-11-5-3-9-8-10(4-6-13(19)20)24-16(22)14(9)15(11)21/h2-3,5-6,8H,1,4,7H2. The molecular formula is C16H11F5O3. The van der Waals surface area contributed by atoms with Crippen molar-refractivity contribution in [1.29, 1.82) is 0 Å². The SMILES string of the molecule is O=c1oc(CC=C(F)F)cc2ccc(OCCC=C(F)F)c(F)c12. The van der Waals surface area contributed by atoms with E-state index in [1.54, 1.807) is 0 Å². The van der Waals surface area contributed by atoms with Gasteiger partial charge >= 0.3 is 5.63 Å². The Balaban J connectivity index is 2.29. The van der Waals surface area contributed by atoms with Crippen molar-refractivity contribution in [2.45, 2.75) is 12.8 Å². The van der Waals surface area contributed by atoms with Crippen LogP contribution in [0.4, 0.5) is 22.0 Å². The van der Waals surface area contributed by atoms with Crippen LogP contribution in [0.5, 0.6) is 5.75 Å². The Bertz CT molecular complexity index is 847. The molecule has 0 atom stereocenters. The molecule has 3 nitrogen and oxygen atoms in total. The molecule has 0 fully saturated rings. The lowest BCUT2D eigenvalue weighted by Crippen LogP contribution is -2.06. The molecule has 0 saturated heterocycles. The van der Waals surface area contributed by atoms with Crippen LogP contribution in [0.3, 0.4) is 0 Å². The summed E-state index contributed by atoms with van der Waals surface area (Å²) in [5.74, 6) is -1.33. The number of fused-ring (bicyclic) bond motifs is 1. The lowest BCUT2D eigenvalue weighted by molar-refractivity contribution is 0.305. The molecule has 0 bridgehead atoms. The zero-order valence-electron chi connectivity index (χ0n) is 12.1. The van der Waals surface area contributed by atoms with Gasteiger partial charge in [-0.3, -0.25) is 0 Å². The van der Waals surface area contributed by atoms with Crippen molar-refractivity contribution in [3.63, 3.8) is 0 Å². The molecule has 0 aliphatic carbocycles. The predicted molar refractivity (Wildman–Crippen MR) is 76.9 cm³/mol. The second-order valence-corrected chi connectivity index (χ2v) is 4.67. The van der Waals surface area contributed by atoms with E-state index in [9.17, 15) is 26.7 Å². The second kappa shape index (κ2) is 7.76. The van der Waals surface area contributed by atoms with Crippen LogP contribution in [0.1, 0.15) is 12.2 Å². The van der Waals surface area contributed by atoms with Gasteiger partial charge < -0.3 is 9.15 Å². The molecule has 1 aromatic heterocycles. The van der Waals surface area contributed by atoms with Crippen LogP contribution < -0.4 is 10.4 Å². The summed E-state index contributed by atoms with van der Waals surface area (Å²) < 4.78 is 72.0. The van der Waals surface area contributed by atoms with E-state index in [4.69, 9.17) is 9.15 Å². The molecule has 2 rings (SSSR count). The van der Waals surface area contributed by atoms with Crippen molar-refractivity contribution in [3.8, 4) is 5.75 Å². The topological polar surface area (TPSA) is 39.4 Å². The zero-order valence-corrected chi connectivity index (χ0v) is 12.1. The predicted octanol–water partition coefficient (Wildman–Crippen LogP) is 4.80. The molecule has 1 heterocycles. The molecular weight excluding hydrogens is 335 g/mol. The summed E-state index contributed by atoms with van der Waals surface area (Å²) in [4.78, 5) is 11.9. The highest BCUT2D eigenvalue weighted by Gasteiger charge is 2.14. The monoisotopic (exact) mass is 346 g/mol. The Morgan fingerprint density at radius 1 is 1.12 bits per heavy atom. The maximum Gasteiger partial charge on any atom is 0.346 e. The van der Waals surface area contributed by atoms with E-state index in [1.807, 2.05) is 0 Å². The van der Waals surface area contributed by atoms with E-state index < -0.39 is 29.0 Å². The van der Waals surface area contributed by atoms with Gasteiger partial charge in [0.05, 0.1) is 6.61 Å². The van der Waals surface area contributed by atoms with E-state index in [1.165, 1.54) is 18.2 Å². The number of allylic oxidation sites excluding steroid dienone is 1. The van der Waals surface area contributed by atoms with Gasteiger partial charge in [-0.2, -0.15) is 17.6 Å². The molecule has 0 saturated carbocycles. The maximum atomic E-state index is 14.3. The lowest BCUT2D eigenvalue weighted by Gasteiger charge is -2.08. The fraction of sp³-hybridized carbons (Fsp3) is 0.188. The van der Waals surface area contributed by atoms with Crippen molar-refractivity contribution in [3.05, 3.63) is 64.5 Å². The highest BCUT2D eigenvalue weighted by atomic mass is 19.3. The molecule has 0 radical (unpaired) electrons. The van der Waals surface area contributed by atoms with E-state index in [0.717, 1.165) is 0 Å². The van der Waals surface area contributed by atoms with E-state index >= 15 is 0 Å². The first-order chi connectivity index (χ1) is 11.4. The Morgan fingerprint density at radius 2 is 1.83 bits per heavy atom. The minimum atomic E-state index is -1.92. The largest absolute Gasteiger partial charge is 0.490 e. The fourth-order valence-electron chi connectivity index (χ4n) is 2.00. The first-order valence-electron chi connectivity index (χ1n) is 6.79. The van der Waals surface area contributed by atoms with Crippen LogP contribution in [0, 0.1) is 5.82 Å². The Morgan fingerprint density at radius 3 is 2.50 bits per heavy atom. The molecule has 8 heteroatoms. The minimum Gasteiger partial charge on any atom is -0.490 e. The summed E-state index contributed by atoms with van der Waals surface area (Å²) in [5.41, 5.74) is -1.03. The summed E-state index contributed by atoms with van der Waals surface area (Å²) >= 11 is 0. The van der Waals surface area contributed by atoms with E-state index in [2.05, 4.69) is 0 Å². The quantitative estimate of drug-likeness (QED) is 0.557. The normalized spacial score (nSPS) is 10.5. The fourth-order valence-corrected chi connectivity index (χ4v) is 2.00. The van der Waals surface area contributed by atoms with Gasteiger partial charge in [0.1, 0.15) is 11.1 Å². The van der Waals surface area contributed by atoms with Crippen LogP contribution in [0.25, 0.3) is 10.8 Å². The highest BCUT2D eigenvalue weighted by Crippen LogP contribution is 2.25. The Labute approximate surface area is 132 Å². The third-order valence-corrected chi connectivity index (χ3v) is 3.01. The van der Waals surface area contributed by atoms with E-state index in [-0.39, 0.29) is 36.3 Å². The summed E-state index contributed by atoms with van der Waals surface area (Å²) in [7, 11) is 0. The van der Waals surface area contributed by atoms with Crippen LogP contribution in [0.15, 0.2) is 51.7 Å². The van der Waals surface area contributed by atoms with Crippen molar-refractivity contribution >= 4 is 10.8 Å². The summed E-state index contributed by atoms with van der Waals surface area (Å²) in [6.07, 6.45) is -3.05. The second-order valence-electron chi connectivity index (χ2n) is 4.67. The van der Waals surface area contributed by atoms with Gasteiger partial charge in [-0.25, -0.2) is 9.18 Å². The van der Waals surface area contributed by atoms with Crippen LogP contribution in [-0.4, -0.2) is 6.61 Å². The summed E-state index contributed by atoms with van der Waals surface area (Å²) in [6, 6.07) is 3.85. The molecule has 2 aromatic rings. The minimum absolute atomic E-state index is 0.0445. The molecule has 0 spiro atoms. The van der Waals surface area contributed by atoms with Gasteiger partial charge in [0.25, 0.3) is 12.2 Å². The smallest absolute Gasteiger partial charge is 0.346 e. The molecule has 0 unspecified atom stereocenters. The van der Waals surface area contributed by atoms with Crippen molar-refractivity contribution in [2.24, 2.45) is 0 Å². The van der Waals surface area contributed by atoms with Gasteiger partial charge in [-0.1, -0.05) is 6.07 Å². The van der Waals surface area contributed by atoms with Crippen LogP contribution in [0.2, 0.25) is 0 Å². The van der Waals surface area contributed by atoms with Crippen LogP contribution in [-0.2, 0) is 6.42 Å². The van der Waals surface area contributed by atoms with Crippen molar-refractivity contribution in [2.75, 3.05) is 6.61 Å². The Hall–Kier alpha value is -2.64. The number of benzene rings is 1. The molecule has 0 aliphatic heterocycles. The number of hydrogen-bond acceptors (Lipinski definition) is 3. The number of ether oxygens (including phenoxy) is 1. The lowest BCUT2D eigenvalue weighted by atomic mass is 10.1. The first-order valence-corrected chi connectivity index (χ1v) is 6.79. The van der Waals surface area contributed by atoms with E-state index in [0.29, 0.717) is 12.2 Å². The third-order valence-electron chi connectivity index (χ3n) is 3.01. The highest BCUT2D eigenvalue weighted by molar-refractivity contribution is 5.83. The molecule has 0 N–H and O–H groups in total. The van der Waals surface area contributed by atoms with Gasteiger partial charge in [0, 0.05) is 12.8 Å². The zero-order chi connectivity index (χ0) is 17.7. The van der Waals surface area contributed by atoms with Gasteiger partial charge in [-0.15, -0.1) is 0 Å². The molecule has 0 amide bonds. The molecule has 1 aromatic carbocycles. The molecule has 24 heavy (non-hydrogen) atoms. The Kier molecular flexibility index (Phi) is 5.73. The van der Waals surface area contributed by atoms with Gasteiger partial charge in [0.2, 0.25) is 0 Å². The van der Waals surface area contributed by atoms with Crippen LogP contribution >= 0.6 is 0 Å². The molecule has 0 aliphatic rings. The average molecular weight is 346 g/mol. The number of rotatable bonds is 6. The van der Waals surface area contributed by atoms with Gasteiger partial charge in [-0.05, 0) is 29.7 Å². The number of halogens is 5. The average Bonchev–Trinajstić information content (AvgIpc) is 2.50. The maximum absolute atomic E-state index is 14.3. The van der Waals surface area contributed by atoms with Crippen molar-refractivity contribution < 1.29 is 31.1 Å². The van der Waals surface area contributed by atoms with Crippen molar-refractivity contribution in [1.82, 2.24) is 0 Å².